The number of rotatable bonds is 4. The van der Waals surface area contributed by atoms with Gasteiger partial charge in [0, 0.05) is 0 Å². The van der Waals surface area contributed by atoms with Crippen LogP contribution in [0.2, 0.25) is 0 Å². The highest BCUT2D eigenvalue weighted by molar-refractivity contribution is 5.04. The highest BCUT2D eigenvalue weighted by atomic mass is 16.3. The number of hydrogen-bond acceptors (Lipinski definition) is 2. The van der Waals surface area contributed by atoms with Crippen LogP contribution >= 0.6 is 0 Å². The highest BCUT2D eigenvalue weighted by Gasteiger charge is 2.29. The SMILES string of the molecule is CC(C)=CC(O)C(C)(O)CC(C)C. The summed E-state index contributed by atoms with van der Waals surface area (Å²) in [5, 5.41) is 19.6. The lowest BCUT2D eigenvalue weighted by Gasteiger charge is -2.29. The smallest absolute Gasteiger partial charge is 0.101 e. The number of aliphatic hydroxyl groups excluding tert-OH is 1. The largest absolute Gasteiger partial charge is 0.387 e. The quantitative estimate of drug-likeness (QED) is 0.660. The van der Waals surface area contributed by atoms with Gasteiger partial charge in [-0.2, -0.15) is 0 Å². The fraction of sp³-hybridized carbons (Fsp3) is 0.818. The first-order valence-corrected chi connectivity index (χ1v) is 4.81. The summed E-state index contributed by atoms with van der Waals surface area (Å²) in [6.45, 7) is 9.56. The Bertz CT molecular complexity index is 177. The van der Waals surface area contributed by atoms with E-state index < -0.39 is 11.7 Å². The van der Waals surface area contributed by atoms with Crippen molar-refractivity contribution in [1.29, 1.82) is 0 Å². The topological polar surface area (TPSA) is 40.5 Å². The third kappa shape index (κ3) is 5.06. The number of allylic oxidation sites excluding steroid dienone is 1. The molecule has 0 aliphatic rings. The van der Waals surface area contributed by atoms with Gasteiger partial charge in [-0.25, -0.2) is 0 Å². The van der Waals surface area contributed by atoms with E-state index in [9.17, 15) is 10.2 Å². The molecule has 2 heteroatoms. The molecule has 0 aromatic heterocycles. The fourth-order valence-electron chi connectivity index (χ4n) is 1.44. The molecule has 0 bridgehead atoms. The van der Waals surface area contributed by atoms with Gasteiger partial charge < -0.3 is 10.2 Å². The fourth-order valence-corrected chi connectivity index (χ4v) is 1.44. The van der Waals surface area contributed by atoms with Crippen LogP contribution in [0.5, 0.6) is 0 Å². The van der Waals surface area contributed by atoms with Gasteiger partial charge in [-0.15, -0.1) is 0 Å². The molecule has 0 aromatic carbocycles. The number of hydrogen-bond donors (Lipinski definition) is 2. The van der Waals surface area contributed by atoms with Crippen LogP contribution < -0.4 is 0 Å². The predicted octanol–water partition coefficient (Wildman–Crippen LogP) is 2.11. The van der Waals surface area contributed by atoms with Gasteiger partial charge in [0.2, 0.25) is 0 Å². The molecule has 13 heavy (non-hydrogen) atoms. The Morgan fingerprint density at radius 1 is 1.38 bits per heavy atom. The maximum absolute atomic E-state index is 9.91. The zero-order chi connectivity index (χ0) is 10.6. The van der Waals surface area contributed by atoms with Crippen molar-refractivity contribution < 1.29 is 10.2 Å². The molecule has 0 fully saturated rings. The normalized spacial score (nSPS) is 18.2. The second-order valence-electron chi connectivity index (χ2n) is 4.64. The van der Waals surface area contributed by atoms with E-state index in [0.29, 0.717) is 12.3 Å². The first-order valence-electron chi connectivity index (χ1n) is 4.81. The zero-order valence-electron chi connectivity index (χ0n) is 9.33. The molecule has 0 rings (SSSR count). The molecule has 2 atom stereocenters. The Balaban J connectivity index is 4.35. The molecule has 2 N–H and O–H groups in total. The Morgan fingerprint density at radius 3 is 2.15 bits per heavy atom. The second kappa shape index (κ2) is 4.77. The standard InChI is InChI=1S/C11H22O2/c1-8(2)6-10(12)11(5,13)7-9(3)4/h6,9-10,12-13H,7H2,1-5H3. The minimum Gasteiger partial charge on any atom is -0.387 e. The highest BCUT2D eigenvalue weighted by Crippen LogP contribution is 2.21. The molecule has 0 aliphatic carbocycles. The van der Waals surface area contributed by atoms with Gasteiger partial charge in [0.15, 0.2) is 0 Å². The lowest BCUT2D eigenvalue weighted by Crippen LogP contribution is -2.39. The Kier molecular flexibility index (Phi) is 4.65. The van der Waals surface area contributed by atoms with Gasteiger partial charge in [0.1, 0.15) is 6.10 Å². The molecule has 0 radical (unpaired) electrons. The lowest BCUT2D eigenvalue weighted by atomic mass is 9.88. The molecule has 0 amide bonds. The van der Waals surface area contributed by atoms with E-state index in [1.54, 1.807) is 13.0 Å². The summed E-state index contributed by atoms with van der Waals surface area (Å²) >= 11 is 0. The van der Waals surface area contributed by atoms with Crippen molar-refractivity contribution in [1.82, 2.24) is 0 Å². The van der Waals surface area contributed by atoms with Crippen LogP contribution in [0.15, 0.2) is 11.6 Å². The van der Waals surface area contributed by atoms with Crippen molar-refractivity contribution >= 4 is 0 Å². The average molecular weight is 186 g/mol. The summed E-state index contributed by atoms with van der Waals surface area (Å²) in [6, 6.07) is 0. The third-order valence-electron chi connectivity index (χ3n) is 1.95. The van der Waals surface area contributed by atoms with Crippen LogP contribution in [0.3, 0.4) is 0 Å². The first-order chi connectivity index (χ1) is 5.75. The maximum atomic E-state index is 9.91. The molecule has 0 saturated heterocycles. The van der Waals surface area contributed by atoms with Crippen molar-refractivity contribution in [3.8, 4) is 0 Å². The second-order valence-corrected chi connectivity index (χ2v) is 4.64. The van der Waals surface area contributed by atoms with Crippen LogP contribution in [0.1, 0.15) is 41.0 Å². The van der Waals surface area contributed by atoms with Gasteiger partial charge in [-0.1, -0.05) is 25.5 Å². The van der Waals surface area contributed by atoms with E-state index in [-0.39, 0.29) is 0 Å². The summed E-state index contributed by atoms with van der Waals surface area (Å²) in [7, 11) is 0. The summed E-state index contributed by atoms with van der Waals surface area (Å²) in [4.78, 5) is 0. The summed E-state index contributed by atoms with van der Waals surface area (Å²) in [5.74, 6) is 0.384. The average Bonchev–Trinajstić information content (AvgIpc) is 1.81. The number of aliphatic hydroxyl groups is 2. The molecule has 2 unspecified atom stereocenters. The van der Waals surface area contributed by atoms with Gasteiger partial charge in [-0.05, 0) is 33.1 Å². The van der Waals surface area contributed by atoms with Crippen molar-refractivity contribution in [2.45, 2.75) is 52.7 Å². The van der Waals surface area contributed by atoms with E-state index in [0.717, 1.165) is 5.57 Å². The molecule has 0 aliphatic heterocycles. The Labute approximate surface area is 81.3 Å². The van der Waals surface area contributed by atoms with E-state index >= 15 is 0 Å². The molecule has 0 saturated carbocycles. The van der Waals surface area contributed by atoms with E-state index in [1.165, 1.54) is 0 Å². The monoisotopic (exact) mass is 186 g/mol. The van der Waals surface area contributed by atoms with E-state index in [1.807, 2.05) is 27.7 Å². The Morgan fingerprint density at radius 2 is 1.85 bits per heavy atom. The van der Waals surface area contributed by atoms with Crippen molar-refractivity contribution in [3.63, 3.8) is 0 Å². The van der Waals surface area contributed by atoms with Crippen molar-refractivity contribution in [3.05, 3.63) is 11.6 Å². The van der Waals surface area contributed by atoms with Crippen LogP contribution in [0.4, 0.5) is 0 Å². The van der Waals surface area contributed by atoms with Crippen LogP contribution in [-0.2, 0) is 0 Å². The van der Waals surface area contributed by atoms with Crippen LogP contribution in [-0.4, -0.2) is 21.9 Å². The van der Waals surface area contributed by atoms with Gasteiger partial charge >= 0.3 is 0 Å². The minimum absolute atomic E-state index is 0.384. The predicted molar refractivity (Wildman–Crippen MR) is 55.5 cm³/mol. The molecular formula is C11H22O2. The summed E-state index contributed by atoms with van der Waals surface area (Å²) < 4.78 is 0. The van der Waals surface area contributed by atoms with Gasteiger partial charge in [0.25, 0.3) is 0 Å². The minimum atomic E-state index is -1.01. The van der Waals surface area contributed by atoms with E-state index in [2.05, 4.69) is 0 Å². The van der Waals surface area contributed by atoms with Crippen LogP contribution in [0.25, 0.3) is 0 Å². The van der Waals surface area contributed by atoms with E-state index in [4.69, 9.17) is 0 Å². The maximum Gasteiger partial charge on any atom is 0.101 e. The third-order valence-corrected chi connectivity index (χ3v) is 1.95. The van der Waals surface area contributed by atoms with Gasteiger partial charge in [-0.3, -0.25) is 0 Å². The first kappa shape index (κ1) is 12.7. The molecule has 0 heterocycles. The Hall–Kier alpha value is -0.340. The zero-order valence-corrected chi connectivity index (χ0v) is 9.33. The van der Waals surface area contributed by atoms with Crippen molar-refractivity contribution in [2.24, 2.45) is 5.92 Å². The molecule has 0 spiro atoms. The summed E-state index contributed by atoms with van der Waals surface area (Å²) in [6.07, 6.45) is 1.54. The lowest BCUT2D eigenvalue weighted by molar-refractivity contribution is -0.0514. The van der Waals surface area contributed by atoms with Gasteiger partial charge in [0.05, 0.1) is 5.60 Å². The van der Waals surface area contributed by atoms with Crippen LogP contribution in [0, 0.1) is 5.92 Å². The molecular weight excluding hydrogens is 164 g/mol. The molecule has 2 nitrogen and oxygen atoms in total. The molecule has 78 valence electrons. The molecule has 0 aromatic rings. The van der Waals surface area contributed by atoms with Crippen molar-refractivity contribution in [2.75, 3.05) is 0 Å². The summed E-state index contributed by atoms with van der Waals surface area (Å²) in [5.41, 5.74) is 0.0161.